The number of aliphatic carboxylic acids is 1. The molecule has 0 heterocycles. The van der Waals surface area contributed by atoms with Gasteiger partial charge < -0.3 is 39.2 Å². The van der Waals surface area contributed by atoms with Crippen molar-refractivity contribution in [1.82, 2.24) is 10.6 Å². The SMILES string of the molecule is C[N+](C)(C)CCOCCOCCOCCOCCC(=O)NCCCCC(NC=O)C(=O)O. The van der Waals surface area contributed by atoms with E-state index in [9.17, 15) is 14.4 Å². The van der Waals surface area contributed by atoms with E-state index in [2.05, 4.69) is 31.8 Å². The Morgan fingerprint density at radius 1 is 0.875 bits per heavy atom. The summed E-state index contributed by atoms with van der Waals surface area (Å²) in [5.41, 5.74) is 0. The number of likely N-dealkylation sites (N-methyl/N-ethyl adjacent to an activating group) is 1. The molecule has 0 aliphatic rings. The number of carboxylic acids is 1. The Kier molecular flexibility index (Phi) is 18.8. The molecular formula is C21H42N3O8+. The Balaban J connectivity index is 3.34. The number of ether oxygens (including phenoxy) is 4. The van der Waals surface area contributed by atoms with Gasteiger partial charge >= 0.3 is 5.97 Å². The van der Waals surface area contributed by atoms with Gasteiger partial charge in [0.25, 0.3) is 0 Å². The van der Waals surface area contributed by atoms with Gasteiger partial charge in [0.15, 0.2) is 0 Å². The summed E-state index contributed by atoms with van der Waals surface area (Å²) in [4.78, 5) is 32.9. The molecule has 2 amide bonds. The number of carboxylic acid groups (broad SMARTS) is 1. The van der Waals surface area contributed by atoms with Crippen molar-refractivity contribution in [3.8, 4) is 0 Å². The highest BCUT2D eigenvalue weighted by molar-refractivity contribution is 5.76. The van der Waals surface area contributed by atoms with Crippen LogP contribution in [-0.4, -0.2) is 121 Å². The molecule has 0 aromatic carbocycles. The van der Waals surface area contributed by atoms with Crippen molar-refractivity contribution < 1.29 is 42.9 Å². The van der Waals surface area contributed by atoms with E-state index in [1.807, 2.05) is 0 Å². The second kappa shape index (κ2) is 19.9. The number of amides is 2. The largest absolute Gasteiger partial charge is 0.480 e. The Hall–Kier alpha value is -1.79. The van der Waals surface area contributed by atoms with Gasteiger partial charge in [0.2, 0.25) is 12.3 Å². The molecule has 3 N–H and O–H groups in total. The van der Waals surface area contributed by atoms with Gasteiger partial charge in [0.05, 0.1) is 74.0 Å². The minimum Gasteiger partial charge on any atom is -0.480 e. The fourth-order valence-electron chi connectivity index (χ4n) is 2.41. The lowest BCUT2D eigenvalue weighted by atomic mass is 10.1. The number of nitrogens with zero attached hydrogens (tertiary/aromatic N) is 1. The first-order valence-corrected chi connectivity index (χ1v) is 11.1. The van der Waals surface area contributed by atoms with Gasteiger partial charge in [-0.3, -0.25) is 9.59 Å². The van der Waals surface area contributed by atoms with Gasteiger partial charge in [-0.25, -0.2) is 4.79 Å². The van der Waals surface area contributed by atoms with Crippen molar-refractivity contribution in [2.24, 2.45) is 0 Å². The van der Waals surface area contributed by atoms with Crippen LogP contribution in [0, 0.1) is 0 Å². The van der Waals surface area contributed by atoms with Crippen LogP contribution in [0.3, 0.4) is 0 Å². The van der Waals surface area contributed by atoms with Crippen molar-refractivity contribution in [2.75, 3.05) is 87.1 Å². The molecule has 0 aliphatic heterocycles. The third-order valence-electron chi connectivity index (χ3n) is 4.30. The van der Waals surface area contributed by atoms with Crippen LogP contribution < -0.4 is 10.6 Å². The van der Waals surface area contributed by atoms with E-state index in [0.29, 0.717) is 85.1 Å². The van der Waals surface area contributed by atoms with Crippen LogP contribution in [0.15, 0.2) is 0 Å². The highest BCUT2D eigenvalue weighted by atomic mass is 16.6. The smallest absolute Gasteiger partial charge is 0.326 e. The molecule has 0 rings (SSSR count). The first-order valence-electron chi connectivity index (χ1n) is 11.1. The fraction of sp³-hybridized carbons (Fsp3) is 0.857. The summed E-state index contributed by atoms with van der Waals surface area (Å²) in [6, 6.07) is -0.887. The molecule has 1 atom stereocenters. The Bertz CT molecular complexity index is 500. The molecule has 0 fully saturated rings. The number of nitrogens with one attached hydrogen (secondary N) is 2. The number of hydrogen-bond acceptors (Lipinski definition) is 7. The van der Waals surface area contributed by atoms with Crippen molar-refractivity contribution in [3.05, 3.63) is 0 Å². The van der Waals surface area contributed by atoms with Crippen molar-refractivity contribution in [1.29, 1.82) is 0 Å². The van der Waals surface area contributed by atoms with Crippen LogP contribution in [0.2, 0.25) is 0 Å². The maximum absolute atomic E-state index is 11.7. The molecular weight excluding hydrogens is 422 g/mol. The van der Waals surface area contributed by atoms with Crippen LogP contribution in [-0.2, 0) is 33.3 Å². The molecule has 0 radical (unpaired) electrons. The summed E-state index contributed by atoms with van der Waals surface area (Å²) in [5, 5.41) is 13.9. The first-order chi connectivity index (χ1) is 15.3. The topological polar surface area (TPSA) is 132 Å². The summed E-state index contributed by atoms with van der Waals surface area (Å²) in [5.74, 6) is -1.19. The minimum atomic E-state index is -1.06. The molecule has 0 saturated carbocycles. The Labute approximate surface area is 191 Å². The van der Waals surface area contributed by atoms with Crippen LogP contribution in [0.25, 0.3) is 0 Å². The van der Waals surface area contributed by atoms with Crippen LogP contribution in [0.1, 0.15) is 25.7 Å². The van der Waals surface area contributed by atoms with E-state index >= 15 is 0 Å². The molecule has 11 nitrogen and oxygen atoms in total. The zero-order valence-corrected chi connectivity index (χ0v) is 19.8. The Morgan fingerprint density at radius 3 is 1.91 bits per heavy atom. The van der Waals surface area contributed by atoms with Gasteiger partial charge in [-0.1, -0.05) is 0 Å². The maximum atomic E-state index is 11.7. The van der Waals surface area contributed by atoms with E-state index in [1.54, 1.807) is 0 Å². The average molecular weight is 465 g/mol. The van der Waals surface area contributed by atoms with Gasteiger partial charge in [-0.2, -0.15) is 0 Å². The minimum absolute atomic E-state index is 0.121. The number of carbonyl (C=O) groups is 3. The first kappa shape index (κ1) is 30.2. The van der Waals surface area contributed by atoms with Crippen molar-refractivity contribution in [3.63, 3.8) is 0 Å². The highest BCUT2D eigenvalue weighted by Gasteiger charge is 2.15. The lowest BCUT2D eigenvalue weighted by molar-refractivity contribution is -0.870. The predicted octanol–water partition coefficient (Wildman–Crippen LogP) is -0.365. The zero-order valence-electron chi connectivity index (χ0n) is 19.8. The second-order valence-electron chi connectivity index (χ2n) is 8.23. The number of carbonyl (C=O) groups excluding carboxylic acids is 2. The van der Waals surface area contributed by atoms with Crippen molar-refractivity contribution in [2.45, 2.75) is 31.7 Å². The van der Waals surface area contributed by atoms with Crippen LogP contribution in [0.5, 0.6) is 0 Å². The zero-order chi connectivity index (χ0) is 24.1. The van der Waals surface area contributed by atoms with E-state index in [4.69, 9.17) is 24.1 Å². The molecule has 0 bridgehead atoms. The van der Waals surface area contributed by atoms with Crippen LogP contribution >= 0.6 is 0 Å². The molecule has 0 aromatic heterocycles. The fourth-order valence-corrected chi connectivity index (χ4v) is 2.41. The molecule has 0 spiro atoms. The van der Waals surface area contributed by atoms with Gasteiger partial charge in [0.1, 0.15) is 12.6 Å². The lowest BCUT2D eigenvalue weighted by Crippen LogP contribution is -2.37. The lowest BCUT2D eigenvalue weighted by Gasteiger charge is -2.23. The highest BCUT2D eigenvalue weighted by Crippen LogP contribution is 2.00. The average Bonchev–Trinajstić information content (AvgIpc) is 2.72. The van der Waals surface area contributed by atoms with E-state index in [-0.39, 0.29) is 12.3 Å². The Morgan fingerprint density at radius 2 is 1.41 bits per heavy atom. The number of rotatable bonds is 23. The van der Waals surface area contributed by atoms with Gasteiger partial charge in [-0.15, -0.1) is 0 Å². The molecule has 0 aromatic rings. The monoisotopic (exact) mass is 464 g/mol. The maximum Gasteiger partial charge on any atom is 0.326 e. The van der Waals surface area contributed by atoms with E-state index in [0.717, 1.165) is 11.0 Å². The number of unbranched alkanes of at least 4 members (excludes halogenated alkanes) is 1. The summed E-state index contributed by atoms with van der Waals surface area (Å²) >= 11 is 0. The third kappa shape index (κ3) is 21.4. The van der Waals surface area contributed by atoms with E-state index in [1.165, 1.54) is 0 Å². The summed E-state index contributed by atoms with van der Waals surface area (Å²) < 4.78 is 22.5. The third-order valence-corrected chi connectivity index (χ3v) is 4.30. The van der Waals surface area contributed by atoms with Crippen LogP contribution in [0.4, 0.5) is 0 Å². The normalized spacial score (nSPS) is 12.3. The van der Waals surface area contributed by atoms with Gasteiger partial charge in [0, 0.05) is 13.0 Å². The number of hydrogen-bond donors (Lipinski definition) is 3. The van der Waals surface area contributed by atoms with Crippen molar-refractivity contribution >= 4 is 18.3 Å². The quantitative estimate of drug-likeness (QED) is 0.106. The molecule has 0 saturated heterocycles. The molecule has 0 aliphatic carbocycles. The molecule has 32 heavy (non-hydrogen) atoms. The summed E-state index contributed by atoms with van der Waals surface area (Å²) in [6.07, 6.45) is 2.17. The predicted molar refractivity (Wildman–Crippen MR) is 118 cm³/mol. The van der Waals surface area contributed by atoms with E-state index < -0.39 is 12.0 Å². The standard InChI is InChI=1S/C21H41N3O8/c1-24(2,3)9-11-30-13-15-32-17-16-31-14-12-29-10-7-20(26)22-8-5-4-6-19(21(27)28)23-18-25/h18-19H,4-17H2,1-3H3,(H2-,22,23,25,26,27,28)/p+1. The summed E-state index contributed by atoms with van der Waals surface area (Å²) in [7, 11) is 6.37. The molecule has 188 valence electrons. The number of quaternary nitrogens is 1. The van der Waals surface area contributed by atoms with Gasteiger partial charge in [-0.05, 0) is 19.3 Å². The second-order valence-corrected chi connectivity index (χ2v) is 8.23. The molecule has 1 unspecified atom stereocenters. The summed E-state index contributed by atoms with van der Waals surface area (Å²) in [6.45, 7) is 5.37. The molecule has 11 heteroatoms.